The molecule has 0 aliphatic carbocycles. The molecule has 2 aromatic heterocycles. The molecule has 6 atom stereocenters. The van der Waals surface area contributed by atoms with Crippen LogP contribution in [0.4, 0.5) is 5.82 Å². The van der Waals surface area contributed by atoms with Gasteiger partial charge in [-0.1, -0.05) is 6.92 Å². The first-order valence-electron chi connectivity index (χ1n) is 9.39. The molecule has 186 valence electrons. The molecule has 0 amide bonds. The van der Waals surface area contributed by atoms with Crippen LogP contribution in [0.15, 0.2) is 12.5 Å². The fourth-order valence-electron chi connectivity index (χ4n) is 3.49. The van der Waals surface area contributed by atoms with Gasteiger partial charge in [-0.3, -0.25) is 9.09 Å². The molecule has 6 unspecified atom stereocenters. The molecule has 0 aromatic carbocycles. The van der Waals surface area contributed by atoms with Crippen molar-refractivity contribution in [2.45, 2.75) is 31.8 Å². The van der Waals surface area contributed by atoms with Crippen LogP contribution in [0, 0.1) is 5.92 Å². The molecule has 9 N–H and O–H groups in total. The third-order valence-corrected chi connectivity index (χ3v) is 8.80. The third-order valence-electron chi connectivity index (χ3n) is 4.64. The second kappa shape index (κ2) is 9.42. The lowest BCUT2D eigenvalue weighted by Gasteiger charge is -2.20. The Labute approximate surface area is 187 Å². The van der Waals surface area contributed by atoms with Crippen LogP contribution in [0.5, 0.6) is 0 Å². The second-order valence-corrected chi connectivity index (χ2v) is 12.6. The average molecular weight is 530 g/mol. The zero-order valence-electron chi connectivity index (χ0n) is 17.5. The van der Waals surface area contributed by atoms with Crippen LogP contribution in [-0.4, -0.2) is 48.6 Å². The number of fused-ring (bicyclic) bond motifs is 1. The highest BCUT2D eigenvalue weighted by Gasteiger charge is 2.41. The quantitative estimate of drug-likeness (QED) is 0.194. The zero-order chi connectivity index (χ0) is 24.8. The smallest absolute Gasteiger partial charge is 0.383 e. The minimum atomic E-state index is -5.35. The van der Waals surface area contributed by atoms with Gasteiger partial charge in [0.25, 0.3) is 0 Å². The molecule has 1 aliphatic rings. The van der Waals surface area contributed by atoms with Crippen molar-refractivity contribution in [1.29, 1.82) is 0 Å². The highest BCUT2D eigenvalue weighted by atomic mass is 31.3. The number of nitrogen functional groups attached to an aromatic ring is 1. The van der Waals surface area contributed by atoms with Gasteiger partial charge in [-0.2, -0.15) is 4.31 Å². The van der Waals surface area contributed by atoms with Crippen LogP contribution >= 0.6 is 23.2 Å². The molecule has 16 nitrogen and oxygen atoms in total. The van der Waals surface area contributed by atoms with Gasteiger partial charge in [-0.25, -0.2) is 23.4 Å². The number of phosphoric ester groups is 1. The fourth-order valence-corrected chi connectivity index (χ4v) is 6.99. The highest BCUT2D eigenvalue weighted by Crippen LogP contribution is 2.66. The Hall–Kier alpha value is -1.25. The highest BCUT2D eigenvalue weighted by molar-refractivity contribution is 7.68. The van der Waals surface area contributed by atoms with E-state index in [0.717, 1.165) is 0 Å². The Bertz CT molecular complexity index is 1170. The lowest BCUT2D eigenvalue weighted by atomic mass is 10.1. The minimum Gasteiger partial charge on any atom is -0.383 e. The minimum absolute atomic E-state index is 0.140. The topological polar surface area (TPSA) is 258 Å². The van der Waals surface area contributed by atoms with E-state index < -0.39 is 48.3 Å². The van der Waals surface area contributed by atoms with Gasteiger partial charge in [0.15, 0.2) is 0 Å². The van der Waals surface area contributed by atoms with Crippen LogP contribution in [-0.2, 0) is 31.6 Å². The van der Waals surface area contributed by atoms with E-state index in [1.54, 1.807) is 10.8 Å². The summed E-state index contributed by atoms with van der Waals surface area (Å²) in [5.41, 5.74) is 18.6. The largest absolute Gasteiger partial charge is 0.488 e. The van der Waals surface area contributed by atoms with E-state index in [2.05, 4.69) is 18.6 Å². The van der Waals surface area contributed by atoms with Crippen molar-refractivity contribution in [1.82, 2.24) is 14.5 Å². The Balaban J connectivity index is 1.72. The van der Waals surface area contributed by atoms with Gasteiger partial charge in [0.05, 0.1) is 24.3 Å². The molecule has 1 saturated heterocycles. The number of anilines is 1. The van der Waals surface area contributed by atoms with E-state index in [1.807, 2.05) is 6.92 Å². The van der Waals surface area contributed by atoms with E-state index in [4.69, 9.17) is 31.4 Å². The van der Waals surface area contributed by atoms with E-state index >= 15 is 0 Å². The SMILES string of the molecule is CC1CC(COP(=O)(O)OP(=O)(O)OP(C)(=O)O)OC1n1cc(C(N)N)c2c(N)ncnc21. The predicted molar refractivity (Wildman–Crippen MR) is 114 cm³/mol. The van der Waals surface area contributed by atoms with E-state index in [-0.39, 0.29) is 11.7 Å². The van der Waals surface area contributed by atoms with Gasteiger partial charge in [-0.05, 0) is 6.42 Å². The zero-order valence-corrected chi connectivity index (χ0v) is 20.2. The monoisotopic (exact) mass is 530 g/mol. The Morgan fingerprint density at radius 3 is 2.48 bits per heavy atom. The number of rotatable bonds is 9. The van der Waals surface area contributed by atoms with Crippen LogP contribution in [0.3, 0.4) is 0 Å². The van der Waals surface area contributed by atoms with E-state index in [9.17, 15) is 23.5 Å². The van der Waals surface area contributed by atoms with Gasteiger partial charge < -0.3 is 41.2 Å². The normalized spacial score (nSPS) is 26.8. The number of phosphoric acid groups is 2. The number of nitrogens with two attached hydrogens (primary N) is 3. The number of nitrogens with zero attached hydrogens (tertiary/aromatic N) is 3. The number of ether oxygens (including phenoxy) is 1. The summed E-state index contributed by atoms with van der Waals surface area (Å²) in [5, 5.41) is 0.479. The summed E-state index contributed by atoms with van der Waals surface area (Å²) in [5.74, 6) is 0.0487. The van der Waals surface area contributed by atoms with Crippen molar-refractivity contribution in [3.05, 3.63) is 18.1 Å². The maximum atomic E-state index is 12.0. The van der Waals surface area contributed by atoms with Crippen LogP contribution in [0.1, 0.15) is 31.3 Å². The van der Waals surface area contributed by atoms with E-state index in [0.29, 0.717) is 29.7 Å². The lowest BCUT2D eigenvalue weighted by Crippen LogP contribution is -2.20. The van der Waals surface area contributed by atoms with Crippen molar-refractivity contribution in [3.8, 4) is 0 Å². The number of aromatic nitrogens is 3. The fraction of sp³-hybridized carbons (Fsp3) is 0.571. The molecule has 0 radical (unpaired) electrons. The molecule has 0 saturated carbocycles. The first kappa shape index (κ1) is 26.4. The van der Waals surface area contributed by atoms with Crippen molar-refractivity contribution < 1.29 is 46.3 Å². The summed E-state index contributed by atoms with van der Waals surface area (Å²) in [6.45, 7) is 1.95. The van der Waals surface area contributed by atoms with Crippen LogP contribution < -0.4 is 17.2 Å². The molecule has 33 heavy (non-hydrogen) atoms. The third kappa shape index (κ3) is 6.45. The van der Waals surface area contributed by atoms with Gasteiger partial charge in [-0.15, -0.1) is 0 Å². The summed E-state index contributed by atoms with van der Waals surface area (Å²) < 4.78 is 55.0. The maximum Gasteiger partial charge on any atom is 0.488 e. The molecule has 2 aromatic rings. The van der Waals surface area contributed by atoms with E-state index in [1.165, 1.54) is 6.33 Å². The maximum absolute atomic E-state index is 12.0. The molecule has 3 heterocycles. The summed E-state index contributed by atoms with van der Waals surface area (Å²) in [4.78, 5) is 36.3. The van der Waals surface area contributed by atoms with Crippen molar-refractivity contribution in [2.75, 3.05) is 19.0 Å². The van der Waals surface area contributed by atoms with Crippen LogP contribution in [0.25, 0.3) is 11.0 Å². The first-order chi connectivity index (χ1) is 15.1. The summed E-state index contributed by atoms with van der Waals surface area (Å²) in [7, 11) is -15.0. The average Bonchev–Trinajstić information content (AvgIpc) is 3.18. The second-order valence-electron chi connectivity index (χ2n) is 7.54. The molecule has 1 aliphatic heterocycles. The Morgan fingerprint density at radius 2 is 1.88 bits per heavy atom. The molecular formula is C14H25N6O10P3. The molecule has 0 bridgehead atoms. The van der Waals surface area contributed by atoms with Crippen LogP contribution in [0.2, 0.25) is 0 Å². The van der Waals surface area contributed by atoms with Gasteiger partial charge in [0.1, 0.15) is 24.0 Å². The van der Waals surface area contributed by atoms with Crippen molar-refractivity contribution in [2.24, 2.45) is 17.4 Å². The molecule has 1 fully saturated rings. The molecule has 19 heteroatoms. The predicted octanol–water partition coefficient (Wildman–Crippen LogP) is 0.919. The summed E-state index contributed by atoms with van der Waals surface area (Å²) >= 11 is 0. The standard InChI is InChI=1S/C14H25N6O10P3/c1-7-3-8(5-27-32(23,24)30-33(25,26)29-31(2,21)22)28-14(7)20-4-9(11(15)16)10-12(17)18-6-19-13(10)20/h4,6-8,11,14H,3,5,15-16H2,1-2H3,(H,21,22)(H,23,24)(H,25,26)(H2,17,18,19). The lowest BCUT2D eigenvalue weighted by molar-refractivity contribution is -0.0288. The molecule has 3 rings (SSSR count). The first-order valence-corrected chi connectivity index (χ1v) is 14.4. The van der Waals surface area contributed by atoms with Crippen molar-refractivity contribution >= 4 is 40.1 Å². The number of hydrogen-bond donors (Lipinski definition) is 6. The Morgan fingerprint density at radius 1 is 1.21 bits per heavy atom. The van der Waals surface area contributed by atoms with Crippen molar-refractivity contribution in [3.63, 3.8) is 0 Å². The summed E-state index contributed by atoms with van der Waals surface area (Å²) in [6, 6.07) is 0. The summed E-state index contributed by atoms with van der Waals surface area (Å²) in [6.07, 6.45) is 1.09. The van der Waals surface area contributed by atoms with Gasteiger partial charge in [0, 0.05) is 24.3 Å². The molecule has 0 spiro atoms. The van der Waals surface area contributed by atoms with Gasteiger partial charge >= 0.3 is 23.2 Å². The number of hydrogen-bond acceptors (Lipinski definition) is 12. The molecular weight excluding hydrogens is 505 g/mol. The van der Waals surface area contributed by atoms with Gasteiger partial charge in [0.2, 0.25) is 0 Å². The Kier molecular flexibility index (Phi) is 7.52.